The van der Waals surface area contributed by atoms with Crippen LogP contribution in [-0.2, 0) is 0 Å². The smallest absolute Gasteiger partial charge is 0.251 e. The Hall–Kier alpha value is -1.79. The van der Waals surface area contributed by atoms with E-state index in [1.807, 2.05) is 12.1 Å². The lowest BCUT2D eigenvalue weighted by Crippen LogP contribution is -2.31. The van der Waals surface area contributed by atoms with E-state index in [2.05, 4.69) is 17.2 Å². The van der Waals surface area contributed by atoms with Crippen molar-refractivity contribution in [2.45, 2.75) is 25.7 Å². The molecule has 2 fully saturated rings. The molecule has 0 bridgehead atoms. The predicted molar refractivity (Wildman–Crippen MR) is 77.1 cm³/mol. The van der Waals surface area contributed by atoms with Crippen molar-refractivity contribution in [1.82, 2.24) is 5.32 Å². The Bertz CT molecular complexity index is 557. The number of rotatable bonds is 4. The maximum Gasteiger partial charge on any atom is 0.251 e. The van der Waals surface area contributed by atoms with Gasteiger partial charge >= 0.3 is 0 Å². The summed E-state index contributed by atoms with van der Waals surface area (Å²) in [5.41, 5.74) is 1.92. The number of benzene rings is 1. The van der Waals surface area contributed by atoms with Crippen molar-refractivity contribution in [1.29, 1.82) is 0 Å². The third-order valence-electron chi connectivity index (χ3n) is 4.40. The van der Waals surface area contributed by atoms with Crippen LogP contribution in [0.5, 0.6) is 0 Å². The van der Waals surface area contributed by atoms with Crippen molar-refractivity contribution in [3.05, 3.63) is 35.4 Å². The van der Waals surface area contributed by atoms with Crippen LogP contribution in [0.1, 0.15) is 41.6 Å². The van der Waals surface area contributed by atoms with Crippen LogP contribution in [0.25, 0.3) is 0 Å². The molecule has 3 heteroatoms. The van der Waals surface area contributed by atoms with Crippen LogP contribution in [0.4, 0.5) is 0 Å². The first-order chi connectivity index (χ1) is 9.73. The van der Waals surface area contributed by atoms with Crippen molar-refractivity contribution in [3.63, 3.8) is 0 Å². The SMILES string of the molecule is O=C(NCC1(C2CC2)CC1)c1ccc(C#CCO)cc1. The third kappa shape index (κ3) is 2.86. The third-order valence-corrected chi connectivity index (χ3v) is 4.40. The molecule has 0 aromatic heterocycles. The average molecular weight is 269 g/mol. The number of carbonyl (C=O) groups is 1. The molecular weight excluding hydrogens is 250 g/mol. The molecule has 0 heterocycles. The highest BCUT2D eigenvalue weighted by Gasteiger charge is 2.53. The summed E-state index contributed by atoms with van der Waals surface area (Å²) in [5, 5.41) is 11.7. The van der Waals surface area contributed by atoms with E-state index in [4.69, 9.17) is 5.11 Å². The lowest BCUT2D eigenvalue weighted by atomic mass is 10.0. The van der Waals surface area contributed by atoms with Crippen LogP contribution in [0.15, 0.2) is 24.3 Å². The second-order valence-corrected chi connectivity index (χ2v) is 5.86. The van der Waals surface area contributed by atoms with Gasteiger partial charge in [-0.1, -0.05) is 11.8 Å². The van der Waals surface area contributed by atoms with Crippen molar-refractivity contribution >= 4 is 5.91 Å². The minimum Gasteiger partial charge on any atom is -0.384 e. The zero-order chi connectivity index (χ0) is 14.0. The van der Waals surface area contributed by atoms with Crippen molar-refractivity contribution in [2.75, 3.05) is 13.2 Å². The Morgan fingerprint density at radius 2 is 2.00 bits per heavy atom. The van der Waals surface area contributed by atoms with Gasteiger partial charge in [0.25, 0.3) is 5.91 Å². The summed E-state index contributed by atoms with van der Waals surface area (Å²) in [7, 11) is 0. The van der Waals surface area contributed by atoms with Crippen molar-refractivity contribution in [2.24, 2.45) is 11.3 Å². The van der Waals surface area contributed by atoms with Gasteiger partial charge in [-0.25, -0.2) is 0 Å². The Morgan fingerprint density at radius 3 is 2.55 bits per heavy atom. The molecule has 0 unspecified atom stereocenters. The van der Waals surface area contributed by atoms with Gasteiger partial charge in [0.1, 0.15) is 6.61 Å². The Balaban J connectivity index is 1.56. The highest BCUT2D eigenvalue weighted by atomic mass is 16.2. The minimum absolute atomic E-state index is 0.00130. The van der Waals surface area contributed by atoms with Crippen LogP contribution in [0.3, 0.4) is 0 Å². The summed E-state index contributed by atoms with van der Waals surface area (Å²) in [5.74, 6) is 6.27. The Labute approximate surface area is 119 Å². The molecule has 0 atom stereocenters. The fourth-order valence-electron chi connectivity index (χ4n) is 2.79. The lowest BCUT2D eigenvalue weighted by Gasteiger charge is -2.14. The number of aliphatic hydroxyl groups excluding tert-OH is 1. The second-order valence-electron chi connectivity index (χ2n) is 5.86. The molecule has 20 heavy (non-hydrogen) atoms. The van der Waals surface area contributed by atoms with Crippen LogP contribution < -0.4 is 5.32 Å². The fraction of sp³-hybridized carbons (Fsp3) is 0.471. The molecule has 0 spiro atoms. The number of hydrogen-bond acceptors (Lipinski definition) is 2. The van der Waals surface area contributed by atoms with E-state index in [9.17, 15) is 4.79 Å². The first-order valence-electron chi connectivity index (χ1n) is 7.21. The van der Waals surface area contributed by atoms with Gasteiger partial charge in [0.2, 0.25) is 0 Å². The molecule has 3 rings (SSSR count). The number of nitrogens with one attached hydrogen (secondary N) is 1. The lowest BCUT2D eigenvalue weighted by molar-refractivity contribution is 0.0942. The summed E-state index contributed by atoms with van der Waals surface area (Å²) in [6.07, 6.45) is 5.23. The fourth-order valence-corrected chi connectivity index (χ4v) is 2.79. The first-order valence-corrected chi connectivity index (χ1v) is 7.21. The molecule has 2 aliphatic carbocycles. The maximum absolute atomic E-state index is 12.1. The largest absolute Gasteiger partial charge is 0.384 e. The Kier molecular flexibility index (Phi) is 3.50. The zero-order valence-electron chi connectivity index (χ0n) is 11.5. The second kappa shape index (κ2) is 5.30. The quantitative estimate of drug-likeness (QED) is 0.821. The van der Waals surface area contributed by atoms with Crippen LogP contribution >= 0.6 is 0 Å². The molecule has 0 radical (unpaired) electrons. The minimum atomic E-state index is -0.147. The van der Waals surface area contributed by atoms with Crippen LogP contribution in [-0.4, -0.2) is 24.2 Å². The molecule has 2 aliphatic rings. The molecule has 0 saturated heterocycles. The molecule has 3 nitrogen and oxygen atoms in total. The van der Waals surface area contributed by atoms with Crippen molar-refractivity contribution in [3.8, 4) is 11.8 Å². The summed E-state index contributed by atoms with van der Waals surface area (Å²) >= 11 is 0. The van der Waals surface area contributed by atoms with Gasteiger partial charge in [0.05, 0.1) is 0 Å². The van der Waals surface area contributed by atoms with E-state index >= 15 is 0 Å². The molecule has 2 saturated carbocycles. The molecule has 2 N–H and O–H groups in total. The van der Waals surface area contributed by atoms with Gasteiger partial charge in [-0.3, -0.25) is 4.79 Å². The van der Waals surface area contributed by atoms with E-state index in [1.54, 1.807) is 12.1 Å². The number of aliphatic hydroxyl groups is 1. The van der Waals surface area contributed by atoms with E-state index in [1.165, 1.54) is 25.7 Å². The van der Waals surface area contributed by atoms with Crippen molar-refractivity contribution < 1.29 is 9.90 Å². The molecule has 104 valence electrons. The standard InChI is InChI=1S/C17H19NO2/c19-11-1-2-13-3-5-14(6-4-13)16(20)18-12-17(9-10-17)15-7-8-15/h3-6,15,19H,7-12H2,(H,18,20). The topological polar surface area (TPSA) is 49.3 Å². The molecule has 1 amide bonds. The zero-order valence-corrected chi connectivity index (χ0v) is 11.5. The van der Waals surface area contributed by atoms with Gasteiger partial charge in [0, 0.05) is 17.7 Å². The summed E-state index contributed by atoms with van der Waals surface area (Å²) in [6.45, 7) is 0.675. The van der Waals surface area contributed by atoms with E-state index < -0.39 is 0 Å². The van der Waals surface area contributed by atoms with Gasteiger partial charge < -0.3 is 10.4 Å². The molecule has 1 aromatic carbocycles. The van der Waals surface area contributed by atoms with Gasteiger partial charge in [0.15, 0.2) is 0 Å². The molecular formula is C17H19NO2. The van der Waals surface area contributed by atoms with Gasteiger partial charge in [-0.2, -0.15) is 0 Å². The van der Waals surface area contributed by atoms with E-state index in [-0.39, 0.29) is 12.5 Å². The summed E-state index contributed by atoms with van der Waals surface area (Å²) < 4.78 is 0. The number of carbonyl (C=O) groups excluding carboxylic acids is 1. The highest BCUT2D eigenvalue weighted by Crippen LogP contribution is 2.60. The summed E-state index contributed by atoms with van der Waals surface area (Å²) in [4.78, 5) is 12.1. The molecule has 0 aliphatic heterocycles. The molecule has 1 aromatic rings. The van der Waals surface area contributed by atoms with E-state index in [0.29, 0.717) is 11.0 Å². The Morgan fingerprint density at radius 1 is 1.30 bits per heavy atom. The normalized spacial score (nSPS) is 18.9. The van der Waals surface area contributed by atoms with Gasteiger partial charge in [-0.15, -0.1) is 0 Å². The first kappa shape index (κ1) is 13.2. The van der Waals surface area contributed by atoms with E-state index in [0.717, 1.165) is 18.0 Å². The monoisotopic (exact) mass is 269 g/mol. The predicted octanol–water partition coefficient (Wildman–Crippen LogP) is 1.95. The number of amides is 1. The number of hydrogen-bond donors (Lipinski definition) is 2. The van der Waals surface area contributed by atoms with Crippen LogP contribution in [0, 0.1) is 23.2 Å². The van der Waals surface area contributed by atoms with Crippen LogP contribution in [0.2, 0.25) is 0 Å². The van der Waals surface area contributed by atoms with Gasteiger partial charge in [-0.05, 0) is 61.3 Å². The summed E-state index contributed by atoms with van der Waals surface area (Å²) in [6, 6.07) is 7.19. The highest BCUT2D eigenvalue weighted by molar-refractivity contribution is 5.94. The average Bonchev–Trinajstić information content (AvgIpc) is 3.36. The maximum atomic E-state index is 12.1.